The highest BCUT2D eigenvalue weighted by Gasteiger charge is 2.42. The molecule has 0 heterocycles. The molecule has 1 aliphatic carbocycles. The van der Waals surface area contributed by atoms with Crippen LogP contribution in [0, 0.1) is 23.7 Å². The summed E-state index contributed by atoms with van der Waals surface area (Å²) in [6.45, 7) is 5.17. The lowest BCUT2D eigenvalue weighted by Gasteiger charge is -2.37. The van der Waals surface area contributed by atoms with Gasteiger partial charge in [0.25, 0.3) is 5.91 Å². The van der Waals surface area contributed by atoms with Crippen LogP contribution in [-0.4, -0.2) is 34.8 Å². The number of hydrogen-bond acceptors (Lipinski definition) is 6. The van der Waals surface area contributed by atoms with Gasteiger partial charge in [0.05, 0.1) is 0 Å². The maximum Gasteiger partial charge on any atom is 0.411 e. The van der Waals surface area contributed by atoms with Gasteiger partial charge >= 0.3 is 6.09 Å². The topological polar surface area (TPSA) is 134 Å². The van der Waals surface area contributed by atoms with Crippen LogP contribution in [0.2, 0.25) is 0 Å². The maximum atomic E-state index is 12.9. The fraction of sp³-hybridized carbons (Fsp3) is 0.207. The van der Waals surface area contributed by atoms with E-state index in [1.807, 2.05) is 0 Å². The highest BCUT2D eigenvalue weighted by molar-refractivity contribution is 6.00. The van der Waals surface area contributed by atoms with Gasteiger partial charge in [-0.1, -0.05) is 17.9 Å². The number of ether oxygens (including phenoxy) is 1. The number of allylic oxidation sites excluding steroid dienone is 1. The molecule has 194 valence electrons. The average molecular weight is 513 g/mol. The molecule has 0 spiro atoms. The summed E-state index contributed by atoms with van der Waals surface area (Å²) >= 11 is 0. The number of hydroxylamine groups is 1. The van der Waals surface area contributed by atoms with E-state index in [-0.39, 0.29) is 6.42 Å². The van der Waals surface area contributed by atoms with E-state index < -0.39 is 23.1 Å². The maximum absolute atomic E-state index is 12.9. The molecule has 1 atom stereocenters. The van der Waals surface area contributed by atoms with Crippen LogP contribution >= 0.6 is 0 Å². The third-order valence-corrected chi connectivity index (χ3v) is 5.27. The van der Waals surface area contributed by atoms with Crippen LogP contribution in [0.5, 0.6) is 0 Å². The Hall–Kier alpha value is -4.99. The number of hydrogen-bond donors (Lipinski definition) is 4. The fourth-order valence-electron chi connectivity index (χ4n) is 3.59. The molecule has 0 aliphatic heterocycles. The summed E-state index contributed by atoms with van der Waals surface area (Å²) in [4.78, 5) is 38.5. The SMILES string of the molecule is CC(C)(C)OC(=O)NC1=CC(C(=O)NO)(N(C=O)c2ccc(C#CC#Cc3ccc(N)cc3)cc2)C=CC1. The Morgan fingerprint density at radius 1 is 1.05 bits per heavy atom. The van der Waals surface area contributed by atoms with E-state index in [2.05, 4.69) is 29.0 Å². The smallest absolute Gasteiger partial charge is 0.411 e. The number of nitrogens with one attached hydrogen (secondary N) is 2. The Labute approximate surface area is 221 Å². The summed E-state index contributed by atoms with van der Waals surface area (Å²) in [5.74, 6) is 10.5. The number of carbonyl (C=O) groups is 3. The van der Waals surface area contributed by atoms with Gasteiger partial charge in [0.15, 0.2) is 5.54 Å². The first-order chi connectivity index (χ1) is 18.1. The Bertz CT molecular complexity index is 1380. The van der Waals surface area contributed by atoms with Crippen molar-refractivity contribution in [2.24, 2.45) is 0 Å². The summed E-state index contributed by atoms with van der Waals surface area (Å²) in [6, 6.07) is 13.7. The van der Waals surface area contributed by atoms with Gasteiger partial charge < -0.3 is 10.5 Å². The number of nitrogen functional groups attached to an aromatic ring is 1. The molecular weight excluding hydrogens is 484 g/mol. The average Bonchev–Trinajstić information content (AvgIpc) is 2.87. The van der Waals surface area contributed by atoms with Gasteiger partial charge in [-0.3, -0.25) is 25.0 Å². The summed E-state index contributed by atoms with van der Waals surface area (Å²) in [5, 5.41) is 12.1. The largest absolute Gasteiger partial charge is 0.444 e. The minimum Gasteiger partial charge on any atom is -0.444 e. The van der Waals surface area contributed by atoms with E-state index in [0.717, 1.165) is 10.5 Å². The summed E-state index contributed by atoms with van der Waals surface area (Å²) in [7, 11) is 0. The number of carbonyl (C=O) groups excluding carboxylic acids is 3. The van der Waals surface area contributed by atoms with Gasteiger partial charge in [-0.15, -0.1) is 0 Å². The van der Waals surface area contributed by atoms with E-state index in [4.69, 9.17) is 10.5 Å². The van der Waals surface area contributed by atoms with Gasteiger partial charge in [0, 0.05) is 34.6 Å². The number of amides is 3. The number of anilines is 2. The Kier molecular flexibility index (Phi) is 8.59. The van der Waals surface area contributed by atoms with Crippen LogP contribution in [0.15, 0.2) is 72.5 Å². The third kappa shape index (κ3) is 7.03. The van der Waals surface area contributed by atoms with Crippen molar-refractivity contribution < 1.29 is 24.3 Å². The number of rotatable bonds is 5. The molecule has 0 bridgehead atoms. The van der Waals surface area contributed by atoms with E-state index in [1.165, 1.54) is 12.2 Å². The molecule has 3 amide bonds. The first-order valence-corrected chi connectivity index (χ1v) is 11.6. The molecule has 9 nitrogen and oxygen atoms in total. The molecule has 1 aliphatic rings. The van der Waals surface area contributed by atoms with E-state index in [0.29, 0.717) is 29.0 Å². The summed E-state index contributed by atoms with van der Waals surface area (Å²) in [5.41, 5.74) is 7.53. The van der Waals surface area contributed by atoms with Crippen LogP contribution in [0.1, 0.15) is 38.3 Å². The molecule has 38 heavy (non-hydrogen) atoms. The number of nitrogens with zero attached hydrogens (tertiary/aromatic N) is 1. The molecule has 2 aromatic carbocycles. The minimum absolute atomic E-state index is 0.276. The van der Waals surface area contributed by atoms with Crippen molar-refractivity contribution in [1.29, 1.82) is 0 Å². The van der Waals surface area contributed by atoms with E-state index in [9.17, 15) is 19.6 Å². The predicted molar refractivity (Wildman–Crippen MR) is 143 cm³/mol. The van der Waals surface area contributed by atoms with Gasteiger partial charge in [0.2, 0.25) is 6.41 Å². The zero-order valence-corrected chi connectivity index (χ0v) is 21.2. The van der Waals surface area contributed by atoms with Crippen LogP contribution in [0.3, 0.4) is 0 Å². The van der Waals surface area contributed by atoms with Crippen molar-refractivity contribution in [1.82, 2.24) is 10.8 Å². The van der Waals surface area contributed by atoms with Crippen molar-refractivity contribution in [2.75, 3.05) is 10.6 Å². The van der Waals surface area contributed by atoms with Gasteiger partial charge in [-0.05, 0) is 93.3 Å². The van der Waals surface area contributed by atoms with Gasteiger partial charge in [-0.25, -0.2) is 10.3 Å². The molecule has 3 rings (SSSR count). The van der Waals surface area contributed by atoms with Crippen LogP contribution in [-0.2, 0) is 14.3 Å². The molecule has 2 aromatic rings. The van der Waals surface area contributed by atoms with E-state index >= 15 is 0 Å². The predicted octanol–water partition coefficient (Wildman–Crippen LogP) is 3.25. The second-order valence-electron chi connectivity index (χ2n) is 9.31. The van der Waals surface area contributed by atoms with Crippen LogP contribution in [0.25, 0.3) is 0 Å². The minimum atomic E-state index is -1.75. The van der Waals surface area contributed by atoms with Crippen LogP contribution in [0.4, 0.5) is 16.2 Å². The number of benzene rings is 2. The molecule has 0 saturated heterocycles. The first kappa shape index (κ1) is 27.6. The van der Waals surface area contributed by atoms with Crippen molar-refractivity contribution in [3.63, 3.8) is 0 Å². The second-order valence-corrected chi connectivity index (χ2v) is 9.31. The first-order valence-electron chi connectivity index (χ1n) is 11.6. The summed E-state index contributed by atoms with van der Waals surface area (Å²) < 4.78 is 5.27. The molecule has 9 heteroatoms. The molecule has 1 unspecified atom stereocenters. The highest BCUT2D eigenvalue weighted by atomic mass is 16.6. The second kappa shape index (κ2) is 11.8. The molecular formula is C29H28N4O5. The quantitative estimate of drug-likeness (QED) is 0.121. The van der Waals surface area contributed by atoms with Crippen molar-refractivity contribution >= 4 is 29.8 Å². The normalized spacial score (nSPS) is 15.9. The standard InChI is InChI=1S/C29H28N4O5/c1-28(2,3)38-27(36)31-24-9-6-18-29(19-24,26(35)32-37)33(20-34)25-16-12-22(13-17-25)8-5-4-7-21-10-14-23(30)15-11-21/h6,10-20,37H,9,30H2,1-3H3,(H,31,36)(H,32,35). The summed E-state index contributed by atoms with van der Waals surface area (Å²) in [6.07, 6.45) is 4.49. The third-order valence-electron chi connectivity index (χ3n) is 5.27. The van der Waals surface area contributed by atoms with Crippen molar-refractivity contribution in [2.45, 2.75) is 38.3 Å². The fourth-order valence-corrected chi connectivity index (χ4v) is 3.59. The van der Waals surface area contributed by atoms with Crippen molar-refractivity contribution in [3.8, 4) is 23.7 Å². The van der Waals surface area contributed by atoms with Gasteiger partial charge in [-0.2, -0.15) is 0 Å². The highest BCUT2D eigenvalue weighted by Crippen LogP contribution is 2.30. The zero-order chi connectivity index (χ0) is 27.8. The molecule has 0 aromatic heterocycles. The molecule has 0 fully saturated rings. The Morgan fingerprint density at radius 2 is 1.63 bits per heavy atom. The van der Waals surface area contributed by atoms with Crippen molar-refractivity contribution in [3.05, 3.63) is 83.6 Å². The number of nitrogens with two attached hydrogens (primary N) is 1. The van der Waals surface area contributed by atoms with E-state index in [1.54, 1.807) is 80.9 Å². The molecule has 0 saturated carbocycles. The lowest BCUT2D eigenvalue weighted by molar-refractivity contribution is -0.132. The molecule has 0 radical (unpaired) electrons. The molecule has 5 N–H and O–H groups in total. The Balaban J connectivity index is 1.85. The lowest BCUT2D eigenvalue weighted by Crippen LogP contribution is -2.57. The monoisotopic (exact) mass is 512 g/mol. The zero-order valence-electron chi connectivity index (χ0n) is 21.2. The van der Waals surface area contributed by atoms with Crippen LogP contribution < -0.4 is 21.4 Å². The lowest BCUT2D eigenvalue weighted by atomic mass is 9.89. The van der Waals surface area contributed by atoms with Gasteiger partial charge in [0.1, 0.15) is 5.60 Å². The number of alkyl carbamates (subject to hydrolysis) is 1. The Morgan fingerprint density at radius 3 is 2.16 bits per heavy atom.